The quantitative estimate of drug-likeness (QED) is 0.554. The minimum absolute atomic E-state index is 0.0103. The van der Waals surface area contributed by atoms with E-state index in [0.717, 1.165) is 10.9 Å². The molecule has 3 aromatic rings. The number of aromatic amines is 1. The van der Waals surface area contributed by atoms with Crippen molar-refractivity contribution in [1.82, 2.24) is 19.5 Å². The molecule has 0 saturated carbocycles. The summed E-state index contributed by atoms with van der Waals surface area (Å²) in [5.41, 5.74) is -0.697. The normalized spacial score (nSPS) is 11.8. The number of nitrogens with zero attached hydrogens (tertiary/aromatic N) is 4. The number of ether oxygens (including phenoxy) is 1. The summed E-state index contributed by atoms with van der Waals surface area (Å²) in [7, 11) is 0. The fourth-order valence-electron chi connectivity index (χ4n) is 2.90. The van der Waals surface area contributed by atoms with Crippen LogP contribution in [0.2, 0.25) is 10.0 Å². The van der Waals surface area contributed by atoms with Gasteiger partial charge in [0, 0.05) is 10.7 Å². The van der Waals surface area contributed by atoms with E-state index in [9.17, 15) is 14.0 Å². The summed E-state index contributed by atoms with van der Waals surface area (Å²) in [6.07, 6.45) is -0.509. The fraction of sp³-hybridized carbons (Fsp3) is 0.250. The zero-order valence-corrected chi connectivity index (χ0v) is 18.2. The molecule has 1 N–H and O–H groups in total. The van der Waals surface area contributed by atoms with Crippen molar-refractivity contribution in [1.29, 1.82) is 0 Å². The number of aromatic nitrogens is 4. The van der Waals surface area contributed by atoms with E-state index >= 15 is 0 Å². The molecule has 0 aliphatic rings. The van der Waals surface area contributed by atoms with Crippen molar-refractivity contribution in [2.75, 3.05) is 0 Å². The lowest BCUT2D eigenvalue weighted by Gasteiger charge is -2.15. The van der Waals surface area contributed by atoms with Gasteiger partial charge < -0.3 is 9.72 Å². The Kier molecular flexibility index (Phi) is 6.43. The highest BCUT2D eigenvalue weighted by Crippen LogP contribution is 2.40. The first kappa shape index (κ1) is 22.5. The molecule has 11 heteroatoms. The number of rotatable bonds is 5. The molecule has 0 bridgehead atoms. The van der Waals surface area contributed by atoms with Gasteiger partial charge in [-0.25, -0.2) is 19.2 Å². The smallest absolute Gasteiger partial charge is 0.297 e. The highest BCUT2D eigenvalue weighted by Gasteiger charge is 2.22. The number of hydrogen-bond acceptors (Lipinski definition) is 5. The highest BCUT2D eigenvalue weighted by atomic mass is 35.5. The first-order valence-corrected chi connectivity index (χ1v) is 9.72. The van der Waals surface area contributed by atoms with Crippen LogP contribution in [-0.4, -0.2) is 19.5 Å². The molecule has 0 aliphatic carbocycles. The topological polar surface area (TPSA) is 94.2 Å². The van der Waals surface area contributed by atoms with Crippen LogP contribution in [-0.2, 0) is 6.54 Å². The van der Waals surface area contributed by atoms with Crippen molar-refractivity contribution < 1.29 is 9.13 Å². The van der Waals surface area contributed by atoms with Crippen LogP contribution in [0.15, 0.2) is 28.0 Å². The molecular weight excluding hydrogens is 448 g/mol. The Bertz CT molecular complexity index is 1330. The van der Waals surface area contributed by atoms with Crippen LogP contribution < -0.4 is 15.9 Å². The SMILES string of the molecule is [C-]#[N+]c1cc(Cl)cc(Oc2c(C(C)F)ncn(Cc3c(C)nc(C)[nH]c3=O)c2=O)c1Cl. The van der Waals surface area contributed by atoms with Crippen LogP contribution in [0.3, 0.4) is 0 Å². The number of nitrogens with one attached hydrogen (secondary N) is 1. The summed E-state index contributed by atoms with van der Waals surface area (Å²) >= 11 is 12.2. The highest BCUT2D eigenvalue weighted by molar-refractivity contribution is 6.36. The van der Waals surface area contributed by atoms with Crippen LogP contribution in [0.5, 0.6) is 11.5 Å². The van der Waals surface area contributed by atoms with E-state index < -0.39 is 23.0 Å². The minimum Gasteiger partial charge on any atom is -0.449 e. The Morgan fingerprint density at radius 3 is 2.65 bits per heavy atom. The predicted molar refractivity (Wildman–Crippen MR) is 114 cm³/mol. The molecular formula is C20H16Cl2FN5O3. The summed E-state index contributed by atoms with van der Waals surface area (Å²) in [5.74, 6) is -0.0787. The minimum atomic E-state index is -1.64. The van der Waals surface area contributed by atoms with Gasteiger partial charge in [-0.05, 0) is 32.9 Å². The number of aryl methyl sites for hydroxylation is 2. The monoisotopic (exact) mass is 463 g/mol. The van der Waals surface area contributed by atoms with Gasteiger partial charge in [-0.3, -0.25) is 14.2 Å². The van der Waals surface area contributed by atoms with E-state index in [1.54, 1.807) is 13.8 Å². The first-order chi connectivity index (χ1) is 14.6. The van der Waals surface area contributed by atoms with Crippen LogP contribution in [0.1, 0.15) is 35.9 Å². The number of benzene rings is 1. The second-order valence-electron chi connectivity index (χ2n) is 6.67. The third-order valence-corrected chi connectivity index (χ3v) is 4.99. The first-order valence-electron chi connectivity index (χ1n) is 8.96. The van der Waals surface area contributed by atoms with E-state index in [1.807, 2.05) is 0 Å². The summed E-state index contributed by atoms with van der Waals surface area (Å²) in [6, 6.07) is 2.64. The van der Waals surface area contributed by atoms with Gasteiger partial charge in [-0.1, -0.05) is 23.2 Å². The summed E-state index contributed by atoms with van der Waals surface area (Å²) in [5, 5.41) is 0.0686. The average molecular weight is 464 g/mol. The van der Waals surface area contributed by atoms with E-state index in [4.69, 9.17) is 34.5 Å². The molecule has 160 valence electrons. The molecule has 8 nitrogen and oxygen atoms in total. The van der Waals surface area contributed by atoms with E-state index in [0.29, 0.717) is 11.5 Å². The van der Waals surface area contributed by atoms with Crippen molar-refractivity contribution in [3.8, 4) is 11.5 Å². The van der Waals surface area contributed by atoms with Crippen LogP contribution in [0.25, 0.3) is 4.85 Å². The molecule has 2 aromatic heterocycles. The van der Waals surface area contributed by atoms with Crippen molar-refractivity contribution in [2.45, 2.75) is 33.5 Å². The molecule has 0 saturated heterocycles. The van der Waals surface area contributed by atoms with Crippen molar-refractivity contribution in [3.05, 3.63) is 83.4 Å². The molecule has 3 rings (SSSR count). The molecule has 1 unspecified atom stereocenters. The van der Waals surface area contributed by atoms with Gasteiger partial charge in [0.1, 0.15) is 23.4 Å². The summed E-state index contributed by atoms with van der Waals surface area (Å²) in [6.45, 7) is 11.5. The number of hydrogen-bond donors (Lipinski definition) is 1. The lowest BCUT2D eigenvalue weighted by molar-refractivity contribution is 0.344. The van der Waals surface area contributed by atoms with Crippen molar-refractivity contribution in [3.63, 3.8) is 0 Å². The Hall–Kier alpha value is -3.22. The van der Waals surface area contributed by atoms with Gasteiger partial charge in [0.25, 0.3) is 11.1 Å². The van der Waals surface area contributed by atoms with E-state index in [1.165, 1.54) is 19.1 Å². The maximum Gasteiger partial charge on any atom is 0.297 e. The van der Waals surface area contributed by atoms with Crippen LogP contribution in [0, 0.1) is 20.4 Å². The average Bonchev–Trinajstić information content (AvgIpc) is 2.69. The number of alkyl halides is 1. The second kappa shape index (κ2) is 8.88. The second-order valence-corrected chi connectivity index (χ2v) is 7.49. The lowest BCUT2D eigenvalue weighted by Crippen LogP contribution is -2.28. The molecule has 0 aliphatic heterocycles. The van der Waals surface area contributed by atoms with E-state index in [-0.39, 0.29) is 39.3 Å². The molecule has 31 heavy (non-hydrogen) atoms. The third kappa shape index (κ3) is 4.60. The largest absolute Gasteiger partial charge is 0.449 e. The maximum atomic E-state index is 14.2. The molecule has 2 heterocycles. The molecule has 0 fully saturated rings. The summed E-state index contributed by atoms with van der Waals surface area (Å²) < 4.78 is 20.9. The third-order valence-electron chi connectivity index (χ3n) is 4.39. The maximum absolute atomic E-state index is 14.2. The summed E-state index contributed by atoms with van der Waals surface area (Å²) in [4.78, 5) is 39.4. The Morgan fingerprint density at radius 2 is 2.03 bits per heavy atom. The molecule has 1 aromatic carbocycles. The molecule has 0 spiro atoms. The molecule has 0 radical (unpaired) electrons. The lowest BCUT2D eigenvalue weighted by atomic mass is 10.2. The van der Waals surface area contributed by atoms with Gasteiger partial charge in [-0.2, -0.15) is 0 Å². The van der Waals surface area contributed by atoms with Crippen molar-refractivity contribution in [2.24, 2.45) is 0 Å². The van der Waals surface area contributed by atoms with Gasteiger partial charge in [0.15, 0.2) is 0 Å². The zero-order valence-electron chi connectivity index (χ0n) is 16.7. The Morgan fingerprint density at radius 1 is 1.32 bits per heavy atom. The van der Waals surface area contributed by atoms with Crippen molar-refractivity contribution >= 4 is 28.9 Å². The Balaban J connectivity index is 2.14. The van der Waals surface area contributed by atoms with Gasteiger partial charge >= 0.3 is 0 Å². The van der Waals surface area contributed by atoms with Gasteiger partial charge in [-0.15, -0.1) is 0 Å². The Labute approximate surface area is 186 Å². The van der Waals surface area contributed by atoms with Crippen LogP contribution >= 0.6 is 23.2 Å². The fourth-order valence-corrected chi connectivity index (χ4v) is 3.29. The zero-order chi connectivity index (χ0) is 22.9. The predicted octanol–water partition coefficient (Wildman–Crippen LogP) is 4.67. The van der Waals surface area contributed by atoms with Gasteiger partial charge in [0.2, 0.25) is 11.4 Å². The van der Waals surface area contributed by atoms with Gasteiger partial charge in [0.05, 0.1) is 30.0 Å². The molecule has 0 amide bonds. The van der Waals surface area contributed by atoms with Crippen LogP contribution in [0.4, 0.5) is 10.1 Å². The molecule has 1 atom stereocenters. The number of H-pyrrole nitrogens is 1. The number of halogens is 3. The standard InChI is InChI=1S/C20H16Cl2FN5O3/c1-9(23)17-18(31-15-6-12(21)5-14(24-4)16(15)22)20(30)28(8-25-17)7-13-10(2)26-11(3)27-19(13)29/h5-6,8-9H,7H2,1-3H3,(H,26,27,29). The van der Waals surface area contributed by atoms with E-state index in [2.05, 4.69) is 19.8 Å².